The highest BCUT2D eigenvalue weighted by molar-refractivity contribution is 7.10. The first-order valence-electron chi connectivity index (χ1n) is 7.11. The van der Waals surface area contributed by atoms with Gasteiger partial charge in [0, 0.05) is 16.5 Å². The third-order valence-corrected chi connectivity index (χ3v) is 5.61. The van der Waals surface area contributed by atoms with Gasteiger partial charge in [-0.05, 0) is 50.1 Å². The molecular weight excluding hydrogens is 304 g/mol. The molecule has 0 aliphatic heterocycles. The molecule has 1 atom stereocenters. The molecule has 3 aromatic heterocycles. The monoisotopic (exact) mass is 318 g/mol. The average molecular weight is 319 g/mol. The van der Waals surface area contributed by atoms with Crippen molar-refractivity contribution >= 4 is 28.6 Å². The minimum atomic E-state index is 0.312. The standard InChI is InChI=1S/C15H15ClN4S/c1-8-9(2)20-14(18-19-15(20)13(16)17-8)11-4-3-5-12-10(11)6-7-21-12/h6-7,11H,3-5H2,1-2H3. The van der Waals surface area contributed by atoms with E-state index in [4.69, 9.17) is 11.6 Å². The fourth-order valence-electron chi connectivity index (χ4n) is 3.18. The molecule has 4 nitrogen and oxygen atoms in total. The summed E-state index contributed by atoms with van der Waals surface area (Å²) in [5, 5.41) is 11.3. The van der Waals surface area contributed by atoms with Crippen molar-refractivity contribution in [3.63, 3.8) is 0 Å². The molecular formula is C15H15ClN4S. The number of nitrogens with zero attached hydrogens (tertiary/aromatic N) is 4. The van der Waals surface area contributed by atoms with E-state index in [1.807, 2.05) is 18.3 Å². The summed E-state index contributed by atoms with van der Waals surface area (Å²) in [6, 6.07) is 2.23. The maximum atomic E-state index is 6.23. The Labute approximate surface area is 131 Å². The van der Waals surface area contributed by atoms with Gasteiger partial charge in [0.05, 0.1) is 5.69 Å². The first kappa shape index (κ1) is 13.2. The Balaban J connectivity index is 1.97. The van der Waals surface area contributed by atoms with Gasteiger partial charge in [0.2, 0.25) is 0 Å². The molecule has 4 rings (SSSR count). The maximum absolute atomic E-state index is 6.23. The van der Waals surface area contributed by atoms with Crippen LogP contribution in [0.3, 0.4) is 0 Å². The van der Waals surface area contributed by atoms with Gasteiger partial charge in [-0.3, -0.25) is 4.40 Å². The fourth-order valence-corrected chi connectivity index (χ4v) is 4.42. The van der Waals surface area contributed by atoms with Crippen LogP contribution in [0.5, 0.6) is 0 Å². The van der Waals surface area contributed by atoms with Crippen LogP contribution in [0.4, 0.5) is 0 Å². The van der Waals surface area contributed by atoms with Gasteiger partial charge in [-0.1, -0.05) is 11.6 Å². The lowest BCUT2D eigenvalue weighted by atomic mass is 9.87. The summed E-state index contributed by atoms with van der Waals surface area (Å²) in [6.45, 7) is 4.03. The molecule has 0 fully saturated rings. The Hall–Kier alpha value is -1.46. The average Bonchev–Trinajstić information content (AvgIpc) is 3.11. The minimum absolute atomic E-state index is 0.312. The smallest absolute Gasteiger partial charge is 0.198 e. The van der Waals surface area contributed by atoms with Gasteiger partial charge in [-0.15, -0.1) is 21.5 Å². The van der Waals surface area contributed by atoms with Gasteiger partial charge in [0.15, 0.2) is 10.8 Å². The lowest BCUT2D eigenvalue weighted by Gasteiger charge is -2.21. The van der Waals surface area contributed by atoms with Crippen molar-refractivity contribution in [1.82, 2.24) is 19.6 Å². The molecule has 0 saturated heterocycles. The summed E-state index contributed by atoms with van der Waals surface area (Å²) in [5.74, 6) is 1.31. The normalized spacial score (nSPS) is 18.1. The highest BCUT2D eigenvalue weighted by Gasteiger charge is 2.28. The zero-order valence-electron chi connectivity index (χ0n) is 11.9. The van der Waals surface area contributed by atoms with Crippen LogP contribution in [0.15, 0.2) is 11.4 Å². The number of hydrogen-bond donors (Lipinski definition) is 0. The lowest BCUT2D eigenvalue weighted by molar-refractivity contribution is 0.591. The molecule has 0 amide bonds. The first-order valence-corrected chi connectivity index (χ1v) is 8.36. The fraction of sp³-hybridized carbons (Fsp3) is 0.400. The van der Waals surface area contributed by atoms with Gasteiger partial charge in [0.1, 0.15) is 5.82 Å². The van der Waals surface area contributed by atoms with E-state index in [-0.39, 0.29) is 0 Å². The van der Waals surface area contributed by atoms with E-state index in [2.05, 4.69) is 38.0 Å². The number of aryl methyl sites for hydroxylation is 3. The molecule has 6 heteroatoms. The van der Waals surface area contributed by atoms with Gasteiger partial charge < -0.3 is 0 Å². The molecule has 1 aliphatic rings. The number of aromatic nitrogens is 4. The highest BCUT2D eigenvalue weighted by atomic mass is 35.5. The van der Waals surface area contributed by atoms with Crippen LogP contribution in [-0.4, -0.2) is 19.6 Å². The third kappa shape index (κ3) is 1.91. The predicted molar refractivity (Wildman–Crippen MR) is 84.4 cm³/mol. The van der Waals surface area contributed by atoms with Crippen LogP contribution < -0.4 is 0 Å². The second kappa shape index (κ2) is 4.78. The predicted octanol–water partition coefficient (Wildman–Crippen LogP) is 3.92. The molecule has 0 aromatic carbocycles. The quantitative estimate of drug-likeness (QED) is 0.683. The molecule has 1 unspecified atom stereocenters. The second-order valence-corrected chi connectivity index (χ2v) is 6.89. The molecule has 1 aliphatic carbocycles. The Bertz CT molecular complexity index is 836. The maximum Gasteiger partial charge on any atom is 0.198 e. The zero-order valence-corrected chi connectivity index (χ0v) is 13.5. The molecule has 21 heavy (non-hydrogen) atoms. The second-order valence-electron chi connectivity index (χ2n) is 5.53. The van der Waals surface area contributed by atoms with Gasteiger partial charge >= 0.3 is 0 Å². The summed E-state index contributed by atoms with van der Waals surface area (Å²) in [5.41, 5.74) is 4.06. The molecule has 3 heterocycles. The number of fused-ring (bicyclic) bond motifs is 2. The van der Waals surface area contributed by atoms with E-state index in [0.717, 1.165) is 23.6 Å². The Morgan fingerprint density at radius 1 is 1.33 bits per heavy atom. The Kier molecular flexibility index (Phi) is 3.01. The molecule has 0 bridgehead atoms. The molecule has 0 N–H and O–H groups in total. The molecule has 0 saturated carbocycles. The molecule has 0 radical (unpaired) electrons. The Morgan fingerprint density at radius 3 is 3.05 bits per heavy atom. The van der Waals surface area contributed by atoms with E-state index >= 15 is 0 Å². The van der Waals surface area contributed by atoms with Crippen LogP contribution >= 0.6 is 22.9 Å². The summed E-state index contributed by atoms with van der Waals surface area (Å²) in [7, 11) is 0. The zero-order chi connectivity index (χ0) is 14.6. The number of rotatable bonds is 1. The van der Waals surface area contributed by atoms with Crippen molar-refractivity contribution in [2.45, 2.75) is 39.0 Å². The van der Waals surface area contributed by atoms with Crippen LogP contribution in [0, 0.1) is 13.8 Å². The van der Waals surface area contributed by atoms with Crippen molar-refractivity contribution in [2.24, 2.45) is 0 Å². The number of hydrogen-bond acceptors (Lipinski definition) is 4. The summed E-state index contributed by atoms with van der Waals surface area (Å²) in [4.78, 5) is 5.82. The van der Waals surface area contributed by atoms with Gasteiger partial charge in [-0.2, -0.15) is 0 Å². The summed E-state index contributed by atoms with van der Waals surface area (Å²) < 4.78 is 2.09. The third-order valence-electron chi connectivity index (χ3n) is 4.36. The van der Waals surface area contributed by atoms with Crippen LogP contribution in [0.2, 0.25) is 5.15 Å². The first-order chi connectivity index (χ1) is 10.2. The van der Waals surface area contributed by atoms with Crippen LogP contribution in [-0.2, 0) is 6.42 Å². The van der Waals surface area contributed by atoms with E-state index in [9.17, 15) is 0 Å². The van der Waals surface area contributed by atoms with Crippen molar-refractivity contribution in [3.05, 3.63) is 44.3 Å². The topological polar surface area (TPSA) is 43.1 Å². The molecule has 3 aromatic rings. The van der Waals surface area contributed by atoms with E-state index in [0.29, 0.717) is 16.7 Å². The van der Waals surface area contributed by atoms with Gasteiger partial charge in [-0.25, -0.2) is 4.98 Å². The van der Waals surface area contributed by atoms with E-state index in [1.165, 1.54) is 23.3 Å². The van der Waals surface area contributed by atoms with Crippen molar-refractivity contribution in [3.8, 4) is 0 Å². The Morgan fingerprint density at radius 2 is 2.19 bits per heavy atom. The highest BCUT2D eigenvalue weighted by Crippen LogP contribution is 2.39. The number of thiophene rings is 1. The van der Waals surface area contributed by atoms with Crippen LogP contribution in [0.25, 0.3) is 5.65 Å². The van der Waals surface area contributed by atoms with E-state index in [1.54, 1.807) is 0 Å². The van der Waals surface area contributed by atoms with E-state index < -0.39 is 0 Å². The van der Waals surface area contributed by atoms with Crippen molar-refractivity contribution in [2.75, 3.05) is 0 Å². The van der Waals surface area contributed by atoms with Crippen molar-refractivity contribution in [1.29, 1.82) is 0 Å². The lowest BCUT2D eigenvalue weighted by Crippen LogP contribution is -2.13. The largest absolute Gasteiger partial charge is 0.279 e. The summed E-state index contributed by atoms with van der Waals surface area (Å²) in [6.07, 6.45) is 3.49. The summed E-state index contributed by atoms with van der Waals surface area (Å²) >= 11 is 8.08. The van der Waals surface area contributed by atoms with Gasteiger partial charge in [0.25, 0.3) is 0 Å². The SMILES string of the molecule is Cc1nc(Cl)c2nnc(C3CCCc4sccc43)n2c1C. The van der Waals surface area contributed by atoms with Crippen molar-refractivity contribution < 1.29 is 0 Å². The minimum Gasteiger partial charge on any atom is -0.279 e. The van der Waals surface area contributed by atoms with Crippen LogP contribution in [0.1, 0.15) is 46.4 Å². The number of halogens is 1. The molecule has 108 valence electrons. The molecule has 0 spiro atoms.